The molecule has 7 N–H and O–H groups in total. The van der Waals surface area contributed by atoms with E-state index < -0.39 is 0 Å². The fourth-order valence-electron chi connectivity index (χ4n) is 6.72. The molecule has 0 saturated carbocycles. The standard InChI is InChI=1S/C20H26N2O3.C14H17NO3.C10H19NO.C4H5NO.C3H9N3.C2H6/c1-5-15-8-9-16(18(12-15)25-4)13-21-20(24)17-7-6-10-22(17)19(23)11-14(2)3;1-3-12-5-6-13(10-15-11-16)14(9-12)18-8-4-7-17-2;1-8(2)7-10(12)11-6-4-5-9(11)3;1-4-2-3-6-5-4;1-3(4)2-6-5;1-2/h1,8-9,12,14,17H,6-7,10-11,13H2,2-4H3,(H,21,24);1,5-6,9,11H,4,7-8,10H2,2H3,(H,15,16);8-9H,4-7H2,1-3H3;2-3H,1H3;2,6H,4-5H2,1H3;1-2H3/b;;;;3-2-;. The number of amides is 4. The van der Waals surface area contributed by atoms with Crippen LogP contribution in [0.3, 0.4) is 0 Å². The van der Waals surface area contributed by atoms with E-state index in [0.29, 0.717) is 93.6 Å². The highest BCUT2D eigenvalue weighted by molar-refractivity contribution is 5.88. The van der Waals surface area contributed by atoms with Gasteiger partial charge in [-0.15, -0.1) is 12.8 Å². The van der Waals surface area contributed by atoms with E-state index in [1.54, 1.807) is 50.5 Å². The number of ether oxygens (including phenoxy) is 3. The summed E-state index contributed by atoms with van der Waals surface area (Å²) in [5.41, 5.74) is 12.2. The van der Waals surface area contributed by atoms with Crippen LogP contribution in [0.2, 0.25) is 0 Å². The van der Waals surface area contributed by atoms with Gasteiger partial charge in [-0.05, 0) is 82.6 Å². The highest BCUT2D eigenvalue weighted by Crippen LogP contribution is 2.23. The van der Waals surface area contributed by atoms with E-state index in [-0.39, 0.29) is 23.8 Å². The summed E-state index contributed by atoms with van der Waals surface area (Å²) < 4.78 is 20.4. The number of rotatable bonds is 17. The summed E-state index contributed by atoms with van der Waals surface area (Å²) in [6.07, 6.45) is 20.4. The summed E-state index contributed by atoms with van der Waals surface area (Å²) in [6.45, 7) is 21.6. The van der Waals surface area contributed by atoms with Gasteiger partial charge in [-0.1, -0.05) is 70.7 Å². The van der Waals surface area contributed by atoms with Crippen molar-refractivity contribution in [2.75, 3.05) is 40.5 Å². The normalized spacial score (nSPS) is 14.5. The highest BCUT2D eigenvalue weighted by atomic mass is 16.5. The Hall–Kier alpha value is -6.49. The number of carbonyl (C=O) groups excluding carboxylic acids is 4. The molecule has 2 aliphatic rings. The average Bonchev–Trinajstić information content (AvgIpc) is 4.13. The molecule has 0 bridgehead atoms. The number of hydrogen-bond acceptors (Lipinski definition) is 12. The second-order valence-electron chi connectivity index (χ2n) is 16.8. The number of carbonyl (C=O) groups is 4. The maximum atomic E-state index is 12.6. The van der Waals surface area contributed by atoms with E-state index >= 15 is 0 Å². The van der Waals surface area contributed by atoms with Crippen LogP contribution in [0, 0.1) is 43.4 Å². The fourth-order valence-corrected chi connectivity index (χ4v) is 6.72. The highest BCUT2D eigenvalue weighted by Gasteiger charge is 2.34. The van der Waals surface area contributed by atoms with Crippen molar-refractivity contribution in [1.82, 2.24) is 31.0 Å². The van der Waals surface area contributed by atoms with E-state index in [2.05, 4.69) is 58.4 Å². The van der Waals surface area contributed by atoms with Crippen molar-refractivity contribution in [1.29, 1.82) is 0 Å². The molecule has 2 aliphatic heterocycles. The third kappa shape index (κ3) is 26.6. The molecule has 0 spiro atoms. The van der Waals surface area contributed by atoms with E-state index in [1.165, 1.54) is 19.0 Å². The Morgan fingerprint density at radius 3 is 1.88 bits per heavy atom. The Kier molecular flexibility index (Phi) is 34.0. The lowest BCUT2D eigenvalue weighted by Gasteiger charge is -2.25. The molecule has 2 aromatic carbocycles. The molecule has 69 heavy (non-hydrogen) atoms. The van der Waals surface area contributed by atoms with Crippen molar-refractivity contribution in [2.24, 2.45) is 23.4 Å². The van der Waals surface area contributed by atoms with E-state index in [0.717, 1.165) is 47.3 Å². The van der Waals surface area contributed by atoms with Gasteiger partial charge in [0.1, 0.15) is 23.8 Å². The Balaban J connectivity index is 0.000000914. The number of nitrogens with two attached hydrogens (primary N) is 2. The van der Waals surface area contributed by atoms with Crippen molar-refractivity contribution in [2.45, 2.75) is 132 Å². The van der Waals surface area contributed by atoms with Gasteiger partial charge in [-0.2, -0.15) is 0 Å². The minimum Gasteiger partial charge on any atom is -0.496 e. The molecule has 0 aliphatic carbocycles. The molecule has 16 nitrogen and oxygen atoms in total. The van der Waals surface area contributed by atoms with E-state index in [9.17, 15) is 19.2 Å². The maximum Gasteiger partial charge on any atom is 0.243 e. The van der Waals surface area contributed by atoms with Crippen molar-refractivity contribution in [3.63, 3.8) is 0 Å². The Labute approximate surface area is 413 Å². The van der Waals surface area contributed by atoms with Crippen LogP contribution < -0.4 is 37.1 Å². The predicted octanol–water partition coefficient (Wildman–Crippen LogP) is 6.98. The number of likely N-dealkylation sites (tertiary alicyclic amines) is 2. The molecule has 0 radical (unpaired) electrons. The topological polar surface area (TPSA) is 217 Å². The second-order valence-corrected chi connectivity index (χ2v) is 16.8. The largest absolute Gasteiger partial charge is 0.496 e. The van der Waals surface area contributed by atoms with Crippen LogP contribution in [0.4, 0.5) is 0 Å². The van der Waals surface area contributed by atoms with Gasteiger partial charge in [0.15, 0.2) is 0 Å². The minimum absolute atomic E-state index is 0.0589. The van der Waals surface area contributed by atoms with Gasteiger partial charge in [0.25, 0.3) is 0 Å². The summed E-state index contributed by atoms with van der Waals surface area (Å²) in [5.74, 6) is 12.4. The summed E-state index contributed by atoms with van der Waals surface area (Å²) in [4.78, 5) is 50.5. The predicted molar refractivity (Wildman–Crippen MR) is 274 cm³/mol. The lowest BCUT2D eigenvalue weighted by molar-refractivity contribution is -0.139. The summed E-state index contributed by atoms with van der Waals surface area (Å²) in [6, 6.07) is 12.8. The lowest BCUT2D eigenvalue weighted by Crippen LogP contribution is -2.46. The molecule has 382 valence electrons. The van der Waals surface area contributed by atoms with Crippen molar-refractivity contribution in [3.05, 3.63) is 88.6 Å². The number of benzene rings is 2. The van der Waals surface area contributed by atoms with Crippen LogP contribution in [0.1, 0.15) is 128 Å². The molecule has 1 aromatic heterocycles. The van der Waals surface area contributed by atoms with Gasteiger partial charge < -0.3 is 50.3 Å². The number of aryl methyl sites for hydroxylation is 1. The first-order valence-electron chi connectivity index (χ1n) is 23.7. The summed E-state index contributed by atoms with van der Waals surface area (Å²) in [5, 5.41) is 9.08. The van der Waals surface area contributed by atoms with E-state index in [1.807, 2.05) is 63.8 Å². The van der Waals surface area contributed by atoms with Crippen LogP contribution in [0.25, 0.3) is 0 Å². The molecule has 5 rings (SSSR count). The van der Waals surface area contributed by atoms with Crippen LogP contribution in [0.5, 0.6) is 11.5 Å². The molecular weight excluding hydrogens is 877 g/mol. The van der Waals surface area contributed by atoms with Crippen LogP contribution in [-0.2, 0) is 37.0 Å². The Bertz CT molecular complexity index is 2020. The number of hydrogen-bond donors (Lipinski definition) is 5. The molecule has 2 unspecified atom stereocenters. The first-order valence-corrected chi connectivity index (χ1v) is 23.7. The zero-order valence-corrected chi connectivity index (χ0v) is 43.2. The summed E-state index contributed by atoms with van der Waals surface area (Å²) in [7, 11) is 3.22. The lowest BCUT2D eigenvalue weighted by atomic mass is 10.1. The Morgan fingerprint density at radius 1 is 0.884 bits per heavy atom. The Morgan fingerprint density at radius 2 is 1.45 bits per heavy atom. The first kappa shape index (κ1) is 62.5. The van der Waals surface area contributed by atoms with Crippen LogP contribution >= 0.6 is 0 Å². The van der Waals surface area contributed by atoms with Gasteiger partial charge in [0, 0.05) is 105 Å². The minimum atomic E-state index is -0.373. The third-order valence-corrected chi connectivity index (χ3v) is 10.1. The van der Waals surface area contributed by atoms with Gasteiger partial charge in [-0.3, -0.25) is 25.0 Å². The quantitative estimate of drug-likeness (QED) is 0.0305. The molecule has 2 saturated heterocycles. The molecular formula is C53H82N8O8. The molecule has 16 heteroatoms. The fraction of sp³-hybridized carbons (Fsp3) is 0.528. The molecule has 3 heterocycles. The second kappa shape index (κ2) is 37.5. The van der Waals surface area contributed by atoms with Crippen molar-refractivity contribution < 1.29 is 37.9 Å². The van der Waals surface area contributed by atoms with Gasteiger partial charge >= 0.3 is 0 Å². The molecule has 2 atom stereocenters. The molecule has 4 amide bonds. The van der Waals surface area contributed by atoms with Crippen LogP contribution in [-0.4, -0.2) is 91.7 Å². The number of hydrazine groups is 1. The number of nitrogens with zero attached hydrogens (tertiary/aromatic N) is 3. The average molecular weight is 959 g/mol. The van der Waals surface area contributed by atoms with Crippen LogP contribution in [0.15, 0.2) is 65.1 Å². The smallest absolute Gasteiger partial charge is 0.243 e. The molecule has 2 fully saturated rings. The number of methoxy groups -OCH3 is 2. The zero-order valence-electron chi connectivity index (χ0n) is 43.2. The van der Waals surface area contributed by atoms with Gasteiger partial charge in [-0.25, -0.2) is 0 Å². The van der Waals surface area contributed by atoms with Gasteiger partial charge in [0.2, 0.25) is 24.1 Å². The first-order chi connectivity index (χ1) is 33.0. The SMILES string of the molecule is C#Cc1ccc(CNC(=O)C2CCCN2C(=O)CC(C)C)c(OC)c1.C#Cc1ccc(CNC=O)c(OCCCOC)c1.C/C(N)=C/NN.CC.CC(C)CC(=O)N1CCCC1C.Cc1ccon1. The number of allylic oxidation sites excluding steroid dienone is 1. The number of nitrogens with one attached hydrogen (secondary N) is 3. The van der Waals surface area contributed by atoms with E-state index in [4.69, 9.17) is 38.6 Å². The maximum absolute atomic E-state index is 12.6. The molecule has 3 aromatic rings. The van der Waals surface area contributed by atoms with Crippen molar-refractivity contribution >= 4 is 24.1 Å². The zero-order chi connectivity index (χ0) is 52.1. The number of terminal acetylenes is 2. The van der Waals surface area contributed by atoms with Gasteiger partial charge in [0.05, 0.1) is 19.4 Å². The number of aromatic nitrogens is 1. The summed E-state index contributed by atoms with van der Waals surface area (Å²) >= 11 is 0. The van der Waals surface area contributed by atoms with Crippen molar-refractivity contribution in [3.8, 4) is 36.2 Å². The third-order valence-electron chi connectivity index (χ3n) is 10.1. The monoisotopic (exact) mass is 959 g/mol.